The van der Waals surface area contributed by atoms with Gasteiger partial charge in [-0.2, -0.15) is 11.8 Å². The molecule has 0 unspecified atom stereocenters. The standard InChI is InChI=1S/C4H8FNS/c5-3-1-7-2-4(3)6/h3-4H,1-2,6H2/t3-,4+/m0/s1. The molecular formula is C4H8FNS. The molecule has 1 heterocycles. The number of thioether (sulfide) groups is 1. The minimum atomic E-state index is -0.745. The van der Waals surface area contributed by atoms with E-state index >= 15 is 0 Å². The second-order valence-corrected chi connectivity index (χ2v) is 2.79. The first-order valence-electron chi connectivity index (χ1n) is 2.28. The maximum atomic E-state index is 12.2. The van der Waals surface area contributed by atoms with E-state index in [0.717, 1.165) is 5.75 Å². The zero-order valence-corrected chi connectivity index (χ0v) is 4.75. The summed E-state index contributed by atoms with van der Waals surface area (Å²) in [4.78, 5) is 0. The maximum absolute atomic E-state index is 12.2. The molecule has 1 saturated heterocycles. The Kier molecular flexibility index (Phi) is 1.54. The average molecular weight is 121 g/mol. The largest absolute Gasteiger partial charge is 0.325 e. The lowest BCUT2D eigenvalue weighted by atomic mass is 10.3. The average Bonchev–Trinajstić information content (AvgIpc) is 1.91. The molecule has 0 amide bonds. The Bertz CT molecular complexity index is 60.7. The third-order valence-electron chi connectivity index (χ3n) is 1.05. The van der Waals surface area contributed by atoms with E-state index in [1.165, 1.54) is 0 Å². The SMILES string of the molecule is N[C@@H]1CSC[C@@H]1F. The molecule has 0 radical (unpaired) electrons. The van der Waals surface area contributed by atoms with Crippen LogP contribution in [0.3, 0.4) is 0 Å². The summed E-state index contributed by atoms with van der Waals surface area (Å²) in [5.74, 6) is 1.39. The van der Waals surface area contributed by atoms with Gasteiger partial charge in [-0.25, -0.2) is 4.39 Å². The lowest BCUT2D eigenvalue weighted by molar-refractivity contribution is 0.337. The molecule has 1 rings (SSSR count). The Balaban J connectivity index is 2.33. The van der Waals surface area contributed by atoms with Crippen LogP contribution in [0.5, 0.6) is 0 Å². The van der Waals surface area contributed by atoms with Crippen molar-refractivity contribution in [2.24, 2.45) is 5.73 Å². The van der Waals surface area contributed by atoms with Crippen LogP contribution < -0.4 is 5.73 Å². The molecule has 1 aliphatic heterocycles. The summed E-state index contributed by atoms with van der Waals surface area (Å²) in [7, 11) is 0. The van der Waals surface area contributed by atoms with E-state index < -0.39 is 6.17 Å². The van der Waals surface area contributed by atoms with E-state index in [9.17, 15) is 4.39 Å². The van der Waals surface area contributed by atoms with Crippen molar-refractivity contribution in [3.05, 3.63) is 0 Å². The third kappa shape index (κ3) is 1.07. The highest BCUT2D eigenvalue weighted by molar-refractivity contribution is 7.99. The van der Waals surface area contributed by atoms with Gasteiger partial charge in [-0.05, 0) is 0 Å². The quantitative estimate of drug-likeness (QED) is 0.502. The van der Waals surface area contributed by atoms with Gasteiger partial charge < -0.3 is 5.73 Å². The van der Waals surface area contributed by atoms with E-state index in [2.05, 4.69) is 0 Å². The Morgan fingerprint density at radius 2 is 2.29 bits per heavy atom. The highest BCUT2D eigenvalue weighted by atomic mass is 32.2. The van der Waals surface area contributed by atoms with Crippen LogP contribution in [0.15, 0.2) is 0 Å². The zero-order valence-electron chi connectivity index (χ0n) is 3.93. The molecule has 2 atom stereocenters. The molecule has 0 aromatic heterocycles. The molecule has 1 aliphatic rings. The van der Waals surface area contributed by atoms with Gasteiger partial charge in [0.05, 0.1) is 0 Å². The number of rotatable bonds is 0. The summed E-state index contributed by atoms with van der Waals surface area (Å²) >= 11 is 1.59. The van der Waals surface area contributed by atoms with Crippen LogP contribution in [0.2, 0.25) is 0 Å². The molecule has 42 valence electrons. The molecule has 0 aromatic carbocycles. The van der Waals surface area contributed by atoms with Crippen molar-refractivity contribution in [3.63, 3.8) is 0 Å². The first-order valence-corrected chi connectivity index (χ1v) is 3.43. The molecule has 0 aromatic rings. The summed E-state index contributed by atoms with van der Waals surface area (Å²) in [5.41, 5.74) is 5.28. The molecule has 3 heteroatoms. The summed E-state index contributed by atoms with van der Waals surface area (Å²) in [6.45, 7) is 0. The van der Waals surface area contributed by atoms with Crippen molar-refractivity contribution >= 4 is 11.8 Å². The van der Waals surface area contributed by atoms with Crippen LogP contribution in [-0.4, -0.2) is 23.7 Å². The van der Waals surface area contributed by atoms with Crippen molar-refractivity contribution in [1.82, 2.24) is 0 Å². The second-order valence-electron chi connectivity index (χ2n) is 1.72. The second kappa shape index (κ2) is 2.01. The summed E-state index contributed by atoms with van der Waals surface area (Å²) in [6.07, 6.45) is -0.745. The number of hydrogen-bond acceptors (Lipinski definition) is 2. The van der Waals surface area contributed by atoms with Gasteiger partial charge in [0.15, 0.2) is 0 Å². The number of hydrogen-bond donors (Lipinski definition) is 1. The van der Waals surface area contributed by atoms with Crippen LogP contribution in [0, 0.1) is 0 Å². The van der Waals surface area contributed by atoms with Crippen LogP contribution in [-0.2, 0) is 0 Å². The van der Waals surface area contributed by atoms with Gasteiger partial charge in [0.1, 0.15) is 6.17 Å². The van der Waals surface area contributed by atoms with Crippen LogP contribution >= 0.6 is 11.8 Å². The molecule has 2 N–H and O–H groups in total. The normalized spacial score (nSPS) is 42.0. The third-order valence-corrected chi connectivity index (χ3v) is 2.23. The minimum Gasteiger partial charge on any atom is -0.325 e. The fourth-order valence-corrected chi connectivity index (χ4v) is 1.63. The first-order chi connectivity index (χ1) is 3.30. The van der Waals surface area contributed by atoms with Crippen LogP contribution in [0.4, 0.5) is 4.39 Å². The van der Waals surface area contributed by atoms with Crippen molar-refractivity contribution in [3.8, 4) is 0 Å². The van der Waals surface area contributed by atoms with Gasteiger partial charge in [0, 0.05) is 17.5 Å². The Morgan fingerprint density at radius 3 is 2.43 bits per heavy atom. The van der Waals surface area contributed by atoms with Crippen LogP contribution in [0.1, 0.15) is 0 Å². The molecule has 7 heavy (non-hydrogen) atoms. The molecule has 0 saturated carbocycles. The van der Waals surface area contributed by atoms with E-state index in [1.54, 1.807) is 11.8 Å². The molecule has 0 spiro atoms. The summed E-state index contributed by atoms with van der Waals surface area (Å²) < 4.78 is 12.2. The predicted octanol–water partition coefficient (Wildman–Crippen LogP) is 0.399. The van der Waals surface area contributed by atoms with Crippen molar-refractivity contribution in [2.45, 2.75) is 12.2 Å². The van der Waals surface area contributed by atoms with E-state index in [-0.39, 0.29) is 6.04 Å². The highest BCUT2D eigenvalue weighted by Gasteiger charge is 2.22. The van der Waals surface area contributed by atoms with E-state index in [0.29, 0.717) is 5.75 Å². The molecular weight excluding hydrogens is 113 g/mol. The zero-order chi connectivity index (χ0) is 5.28. The van der Waals surface area contributed by atoms with E-state index in [1.807, 2.05) is 0 Å². The number of halogens is 1. The van der Waals surface area contributed by atoms with Gasteiger partial charge in [-0.15, -0.1) is 0 Å². The fraction of sp³-hybridized carbons (Fsp3) is 1.00. The Morgan fingerprint density at radius 1 is 1.57 bits per heavy atom. The lowest BCUT2D eigenvalue weighted by Crippen LogP contribution is -2.29. The lowest BCUT2D eigenvalue weighted by Gasteiger charge is -2.00. The molecule has 0 aliphatic carbocycles. The Labute approximate surface area is 46.5 Å². The minimum absolute atomic E-state index is 0.190. The number of alkyl halides is 1. The Hall–Kier alpha value is 0.240. The van der Waals surface area contributed by atoms with Gasteiger partial charge in [0.25, 0.3) is 0 Å². The van der Waals surface area contributed by atoms with Crippen molar-refractivity contribution < 1.29 is 4.39 Å². The molecule has 0 bridgehead atoms. The van der Waals surface area contributed by atoms with E-state index in [4.69, 9.17) is 5.73 Å². The summed E-state index contributed by atoms with van der Waals surface area (Å²) in [6, 6.07) is -0.190. The number of nitrogens with two attached hydrogens (primary N) is 1. The fourth-order valence-electron chi connectivity index (χ4n) is 0.545. The molecule has 1 fully saturated rings. The van der Waals surface area contributed by atoms with Gasteiger partial charge in [-0.1, -0.05) is 0 Å². The smallest absolute Gasteiger partial charge is 0.125 e. The maximum Gasteiger partial charge on any atom is 0.125 e. The highest BCUT2D eigenvalue weighted by Crippen LogP contribution is 2.18. The topological polar surface area (TPSA) is 26.0 Å². The van der Waals surface area contributed by atoms with Gasteiger partial charge in [0.2, 0.25) is 0 Å². The summed E-state index contributed by atoms with van der Waals surface area (Å²) in [5, 5.41) is 0. The van der Waals surface area contributed by atoms with Crippen molar-refractivity contribution in [2.75, 3.05) is 11.5 Å². The monoisotopic (exact) mass is 121 g/mol. The predicted molar refractivity (Wildman–Crippen MR) is 30.2 cm³/mol. The van der Waals surface area contributed by atoms with Gasteiger partial charge in [-0.3, -0.25) is 0 Å². The van der Waals surface area contributed by atoms with Crippen molar-refractivity contribution in [1.29, 1.82) is 0 Å². The molecule has 1 nitrogen and oxygen atoms in total. The van der Waals surface area contributed by atoms with Crippen LogP contribution in [0.25, 0.3) is 0 Å². The first kappa shape index (κ1) is 5.38. The van der Waals surface area contributed by atoms with Gasteiger partial charge >= 0.3 is 0 Å².